The number of hydrogen-bond donors (Lipinski definition) is 0. The minimum Gasteiger partial charge on any atom is -0.309 e. The number of rotatable bonds is 5. The smallest absolute Gasteiger partial charge is 0.0540 e. The highest BCUT2D eigenvalue weighted by Crippen LogP contribution is 2.47. The number of nitrogens with zero attached hydrogens (tertiary/aromatic N) is 1. The molecule has 8 aromatic carbocycles. The minimum atomic E-state index is 1.12. The Hall–Kier alpha value is -5.70. The van der Waals surface area contributed by atoms with Crippen molar-refractivity contribution in [2.75, 3.05) is 4.90 Å². The molecular formula is C44H29NS. The molecule has 0 amide bonds. The van der Waals surface area contributed by atoms with Crippen LogP contribution in [0.4, 0.5) is 17.1 Å². The number of fused-ring (bicyclic) bond motifs is 5. The fourth-order valence-electron chi connectivity index (χ4n) is 6.86. The topological polar surface area (TPSA) is 3.24 Å². The van der Waals surface area contributed by atoms with Gasteiger partial charge in [0.25, 0.3) is 0 Å². The van der Waals surface area contributed by atoms with Crippen molar-refractivity contribution >= 4 is 70.1 Å². The Labute approximate surface area is 272 Å². The second-order valence-corrected chi connectivity index (χ2v) is 12.8. The van der Waals surface area contributed by atoms with Crippen molar-refractivity contribution < 1.29 is 0 Å². The van der Waals surface area contributed by atoms with Crippen molar-refractivity contribution in [3.8, 4) is 22.3 Å². The van der Waals surface area contributed by atoms with Gasteiger partial charge in [-0.15, -0.1) is 11.3 Å². The molecule has 46 heavy (non-hydrogen) atoms. The Morgan fingerprint density at radius 3 is 1.93 bits per heavy atom. The van der Waals surface area contributed by atoms with E-state index >= 15 is 0 Å². The van der Waals surface area contributed by atoms with Gasteiger partial charge < -0.3 is 4.90 Å². The van der Waals surface area contributed by atoms with Crippen LogP contribution in [0, 0.1) is 0 Å². The second-order valence-electron chi connectivity index (χ2n) is 11.7. The molecule has 0 aliphatic rings. The fraction of sp³-hybridized carbons (Fsp3) is 0. The molecule has 0 unspecified atom stereocenters. The number of anilines is 3. The second kappa shape index (κ2) is 11.0. The highest BCUT2D eigenvalue weighted by molar-refractivity contribution is 7.26. The quantitative estimate of drug-likeness (QED) is 0.189. The maximum atomic E-state index is 2.45. The molecule has 0 aliphatic heterocycles. The Morgan fingerprint density at radius 1 is 0.370 bits per heavy atom. The van der Waals surface area contributed by atoms with Crippen LogP contribution in [0.5, 0.6) is 0 Å². The van der Waals surface area contributed by atoms with Crippen molar-refractivity contribution in [2.24, 2.45) is 0 Å². The van der Waals surface area contributed by atoms with Gasteiger partial charge in [-0.3, -0.25) is 0 Å². The van der Waals surface area contributed by atoms with Crippen LogP contribution in [0.15, 0.2) is 176 Å². The van der Waals surface area contributed by atoms with Crippen LogP contribution >= 0.6 is 11.3 Å². The molecule has 9 rings (SSSR count). The molecule has 0 radical (unpaired) electrons. The normalized spacial score (nSPS) is 11.5. The predicted octanol–water partition coefficient (Wildman–Crippen LogP) is 13.2. The molecule has 0 aliphatic carbocycles. The molecule has 2 heteroatoms. The molecule has 1 nitrogen and oxygen atoms in total. The average Bonchev–Trinajstić information content (AvgIpc) is 3.51. The lowest BCUT2D eigenvalue weighted by molar-refractivity contribution is 1.30. The summed E-state index contributed by atoms with van der Waals surface area (Å²) in [5.74, 6) is 0. The van der Waals surface area contributed by atoms with Gasteiger partial charge in [-0.1, -0.05) is 140 Å². The first-order valence-electron chi connectivity index (χ1n) is 15.7. The van der Waals surface area contributed by atoms with E-state index in [4.69, 9.17) is 0 Å². The largest absolute Gasteiger partial charge is 0.309 e. The van der Waals surface area contributed by atoms with Gasteiger partial charge in [0.15, 0.2) is 0 Å². The molecule has 0 spiro atoms. The zero-order valence-corrected chi connectivity index (χ0v) is 25.9. The van der Waals surface area contributed by atoms with Crippen molar-refractivity contribution in [2.45, 2.75) is 0 Å². The number of benzene rings is 8. The third kappa shape index (κ3) is 4.46. The van der Waals surface area contributed by atoms with Gasteiger partial charge >= 0.3 is 0 Å². The molecule has 1 heterocycles. The van der Waals surface area contributed by atoms with E-state index in [0.29, 0.717) is 0 Å². The van der Waals surface area contributed by atoms with Crippen LogP contribution in [-0.4, -0.2) is 0 Å². The molecule has 0 atom stereocenters. The molecular weight excluding hydrogens is 575 g/mol. The van der Waals surface area contributed by atoms with Crippen LogP contribution < -0.4 is 4.90 Å². The lowest BCUT2D eigenvalue weighted by Gasteiger charge is -2.29. The molecule has 0 saturated carbocycles. The first-order valence-corrected chi connectivity index (χ1v) is 16.5. The van der Waals surface area contributed by atoms with E-state index in [2.05, 4.69) is 181 Å². The van der Waals surface area contributed by atoms with Crippen LogP contribution in [-0.2, 0) is 0 Å². The SMILES string of the molecule is c1cc(-c2ccc3ccccc3c2)cc(N(c2ccccc2-c2cccc3c2sc2ccccc23)c2cccc3ccccc23)c1. The Bertz CT molecular complexity index is 2550. The summed E-state index contributed by atoms with van der Waals surface area (Å²) in [4.78, 5) is 2.45. The number of para-hydroxylation sites is 1. The van der Waals surface area contributed by atoms with E-state index in [1.807, 2.05) is 11.3 Å². The number of thiophene rings is 1. The van der Waals surface area contributed by atoms with Gasteiger partial charge in [-0.25, -0.2) is 0 Å². The van der Waals surface area contributed by atoms with Crippen molar-refractivity contribution in [3.63, 3.8) is 0 Å². The van der Waals surface area contributed by atoms with E-state index in [1.165, 1.54) is 64.0 Å². The standard InChI is InChI=1S/C44H29NS/c1-2-14-32-28-34(27-26-30(32)12-1)33-16-9-17-35(29-33)45(41-24-10-15-31-13-3-4-18-36(31)41)42-23-7-5-19-37(42)39-21-11-22-40-38-20-6-8-25-43(38)46-44(39)40/h1-29H. The lowest BCUT2D eigenvalue weighted by Crippen LogP contribution is -2.12. The predicted molar refractivity (Wildman–Crippen MR) is 200 cm³/mol. The summed E-state index contributed by atoms with van der Waals surface area (Å²) in [6, 6.07) is 64.0. The Morgan fingerprint density at radius 2 is 1.00 bits per heavy atom. The first-order chi connectivity index (χ1) is 22.8. The van der Waals surface area contributed by atoms with E-state index < -0.39 is 0 Å². The maximum Gasteiger partial charge on any atom is 0.0540 e. The lowest BCUT2D eigenvalue weighted by atomic mass is 9.97. The molecule has 216 valence electrons. The van der Waals surface area contributed by atoms with E-state index in [0.717, 1.165) is 17.1 Å². The third-order valence-electron chi connectivity index (χ3n) is 9.03. The minimum absolute atomic E-state index is 1.12. The summed E-state index contributed by atoms with van der Waals surface area (Å²) < 4.78 is 2.63. The van der Waals surface area contributed by atoms with E-state index in [1.54, 1.807) is 0 Å². The van der Waals surface area contributed by atoms with E-state index in [9.17, 15) is 0 Å². The zero-order chi connectivity index (χ0) is 30.5. The molecule has 1 aromatic heterocycles. The monoisotopic (exact) mass is 603 g/mol. The molecule has 0 bridgehead atoms. The maximum absolute atomic E-state index is 2.45. The van der Waals surface area contributed by atoms with Gasteiger partial charge in [-0.05, 0) is 63.7 Å². The molecule has 0 N–H and O–H groups in total. The van der Waals surface area contributed by atoms with Gasteiger partial charge in [0.1, 0.15) is 0 Å². The van der Waals surface area contributed by atoms with Gasteiger partial charge in [0.2, 0.25) is 0 Å². The van der Waals surface area contributed by atoms with Crippen molar-refractivity contribution in [1.29, 1.82) is 0 Å². The Kier molecular flexibility index (Phi) is 6.40. The molecule has 9 aromatic rings. The van der Waals surface area contributed by atoms with Gasteiger partial charge in [0, 0.05) is 42.4 Å². The molecule has 0 saturated heterocycles. The van der Waals surface area contributed by atoms with Crippen LogP contribution in [0.2, 0.25) is 0 Å². The summed E-state index contributed by atoms with van der Waals surface area (Å²) in [7, 11) is 0. The van der Waals surface area contributed by atoms with Crippen LogP contribution in [0.1, 0.15) is 0 Å². The van der Waals surface area contributed by atoms with Crippen molar-refractivity contribution in [1.82, 2.24) is 0 Å². The summed E-state index contributed by atoms with van der Waals surface area (Å²) in [6.45, 7) is 0. The molecule has 0 fully saturated rings. The highest BCUT2D eigenvalue weighted by atomic mass is 32.1. The highest BCUT2D eigenvalue weighted by Gasteiger charge is 2.21. The summed E-state index contributed by atoms with van der Waals surface area (Å²) in [5.41, 5.74) is 8.30. The average molecular weight is 604 g/mol. The number of hydrogen-bond acceptors (Lipinski definition) is 2. The summed E-state index contributed by atoms with van der Waals surface area (Å²) >= 11 is 1.88. The first kappa shape index (κ1) is 26.7. The fourth-order valence-corrected chi connectivity index (χ4v) is 8.09. The Balaban J connectivity index is 1.29. The van der Waals surface area contributed by atoms with E-state index in [-0.39, 0.29) is 0 Å². The summed E-state index contributed by atoms with van der Waals surface area (Å²) in [6.07, 6.45) is 0. The zero-order valence-electron chi connectivity index (χ0n) is 25.1. The van der Waals surface area contributed by atoms with Crippen LogP contribution in [0.3, 0.4) is 0 Å². The van der Waals surface area contributed by atoms with Gasteiger partial charge in [0.05, 0.1) is 11.4 Å². The van der Waals surface area contributed by atoms with Crippen LogP contribution in [0.25, 0.3) is 64.0 Å². The van der Waals surface area contributed by atoms with Gasteiger partial charge in [-0.2, -0.15) is 0 Å². The summed E-state index contributed by atoms with van der Waals surface area (Å²) in [5, 5.41) is 7.57. The van der Waals surface area contributed by atoms with Crippen molar-refractivity contribution in [3.05, 3.63) is 176 Å². The third-order valence-corrected chi connectivity index (χ3v) is 10.3.